The van der Waals surface area contributed by atoms with Gasteiger partial charge in [-0.3, -0.25) is 10.1 Å². The van der Waals surface area contributed by atoms with Crippen molar-refractivity contribution in [1.82, 2.24) is 5.32 Å². The summed E-state index contributed by atoms with van der Waals surface area (Å²) in [7, 11) is 1.42. The summed E-state index contributed by atoms with van der Waals surface area (Å²) >= 11 is 0. The van der Waals surface area contributed by atoms with E-state index in [0.29, 0.717) is 6.04 Å². The fourth-order valence-corrected chi connectivity index (χ4v) is 1.48. The van der Waals surface area contributed by atoms with E-state index in [1.165, 1.54) is 7.11 Å². The molecule has 1 heterocycles. The average molecular weight is 169 g/mol. The Kier molecular flexibility index (Phi) is 3.29. The molecule has 2 atom stereocenters. The molecule has 0 aliphatic carbocycles. The smallest absolute Gasteiger partial charge is 0.322 e. The van der Waals surface area contributed by atoms with Gasteiger partial charge in [0, 0.05) is 6.04 Å². The molecule has 1 aliphatic rings. The normalized spacial score (nSPS) is 29.5. The molecule has 0 aromatic rings. The summed E-state index contributed by atoms with van der Waals surface area (Å²) in [6, 6.07) is 0.246. The third kappa shape index (κ3) is 2.08. The topological polar surface area (TPSA) is 38.3 Å². The first-order chi connectivity index (χ1) is 5.77. The SMILES string of the molecule is C/C=C\[C@@H]1CC[C@@H](C(=O)OC)N1. The lowest BCUT2D eigenvalue weighted by molar-refractivity contribution is -0.142. The molecule has 3 nitrogen and oxygen atoms in total. The van der Waals surface area contributed by atoms with Crippen LogP contribution >= 0.6 is 0 Å². The van der Waals surface area contributed by atoms with Crippen LogP contribution in [0, 0.1) is 0 Å². The molecular formula is C9H15NO2. The van der Waals surface area contributed by atoms with Crippen molar-refractivity contribution in [3.05, 3.63) is 12.2 Å². The minimum Gasteiger partial charge on any atom is -0.468 e. The van der Waals surface area contributed by atoms with Crippen molar-refractivity contribution in [1.29, 1.82) is 0 Å². The Labute approximate surface area is 72.8 Å². The molecule has 0 aromatic carbocycles. The zero-order valence-corrected chi connectivity index (χ0v) is 7.54. The summed E-state index contributed by atoms with van der Waals surface area (Å²) in [4.78, 5) is 11.1. The summed E-state index contributed by atoms with van der Waals surface area (Å²) in [6.07, 6.45) is 5.96. The number of allylic oxidation sites excluding steroid dienone is 1. The standard InChI is InChI=1S/C9H15NO2/c1-3-4-7-5-6-8(10-7)9(11)12-2/h3-4,7-8,10H,5-6H2,1-2H3/b4-3-/t7-,8+/m1/s1. The van der Waals surface area contributed by atoms with Gasteiger partial charge >= 0.3 is 5.97 Å². The second kappa shape index (κ2) is 4.26. The lowest BCUT2D eigenvalue weighted by Crippen LogP contribution is -2.35. The van der Waals surface area contributed by atoms with Crippen LogP contribution in [0.25, 0.3) is 0 Å². The van der Waals surface area contributed by atoms with Crippen molar-refractivity contribution < 1.29 is 9.53 Å². The minimum atomic E-state index is -0.151. The largest absolute Gasteiger partial charge is 0.468 e. The maximum absolute atomic E-state index is 11.1. The summed E-state index contributed by atoms with van der Waals surface area (Å²) < 4.78 is 4.64. The van der Waals surface area contributed by atoms with E-state index in [9.17, 15) is 4.79 Å². The Morgan fingerprint density at radius 2 is 2.33 bits per heavy atom. The fraction of sp³-hybridized carbons (Fsp3) is 0.667. The van der Waals surface area contributed by atoms with Crippen molar-refractivity contribution in [2.24, 2.45) is 0 Å². The lowest BCUT2D eigenvalue weighted by Gasteiger charge is -2.08. The van der Waals surface area contributed by atoms with Gasteiger partial charge in [-0.2, -0.15) is 0 Å². The van der Waals surface area contributed by atoms with Crippen molar-refractivity contribution in [3.8, 4) is 0 Å². The Balaban J connectivity index is 2.40. The number of methoxy groups -OCH3 is 1. The van der Waals surface area contributed by atoms with E-state index in [4.69, 9.17) is 0 Å². The molecule has 0 aromatic heterocycles. The zero-order valence-electron chi connectivity index (χ0n) is 7.54. The van der Waals surface area contributed by atoms with Crippen molar-refractivity contribution in [2.45, 2.75) is 31.8 Å². The van der Waals surface area contributed by atoms with Crippen molar-refractivity contribution >= 4 is 5.97 Å². The average Bonchev–Trinajstić information content (AvgIpc) is 2.52. The number of carbonyl (C=O) groups excluding carboxylic acids is 1. The van der Waals surface area contributed by atoms with E-state index in [2.05, 4.69) is 16.1 Å². The van der Waals surface area contributed by atoms with Crippen molar-refractivity contribution in [3.63, 3.8) is 0 Å². The van der Waals surface area contributed by atoms with Gasteiger partial charge in [0.25, 0.3) is 0 Å². The highest BCUT2D eigenvalue weighted by atomic mass is 16.5. The Hall–Kier alpha value is -0.830. The molecule has 0 spiro atoms. The number of nitrogens with one attached hydrogen (secondary N) is 1. The van der Waals surface area contributed by atoms with Crippen LogP contribution in [0.2, 0.25) is 0 Å². The summed E-state index contributed by atoms with van der Waals surface area (Å²) in [5.74, 6) is -0.151. The lowest BCUT2D eigenvalue weighted by atomic mass is 10.2. The molecule has 3 heteroatoms. The molecule has 1 fully saturated rings. The Bertz CT molecular complexity index is 189. The highest BCUT2D eigenvalue weighted by Crippen LogP contribution is 2.13. The van der Waals surface area contributed by atoms with Crippen LogP contribution in [0.3, 0.4) is 0 Å². The molecule has 0 bridgehead atoms. The summed E-state index contributed by atoms with van der Waals surface area (Å²) in [5.41, 5.74) is 0. The molecule has 1 rings (SSSR count). The van der Waals surface area contributed by atoms with Gasteiger partial charge in [0.1, 0.15) is 6.04 Å². The molecule has 1 saturated heterocycles. The molecule has 0 saturated carbocycles. The second-order valence-electron chi connectivity index (χ2n) is 2.95. The second-order valence-corrected chi connectivity index (χ2v) is 2.95. The predicted molar refractivity (Wildman–Crippen MR) is 46.8 cm³/mol. The number of rotatable bonds is 2. The van der Waals surface area contributed by atoms with Gasteiger partial charge < -0.3 is 4.74 Å². The molecule has 1 N–H and O–H groups in total. The molecule has 1 aliphatic heterocycles. The van der Waals surface area contributed by atoms with Crippen molar-refractivity contribution in [2.75, 3.05) is 7.11 Å². The highest BCUT2D eigenvalue weighted by molar-refractivity contribution is 5.76. The number of ether oxygens (including phenoxy) is 1. The van der Waals surface area contributed by atoms with E-state index in [1.807, 2.05) is 13.0 Å². The van der Waals surface area contributed by atoms with Crippen LogP contribution in [0.1, 0.15) is 19.8 Å². The van der Waals surface area contributed by atoms with E-state index in [0.717, 1.165) is 12.8 Å². The quantitative estimate of drug-likeness (QED) is 0.492. The number of esters is 1. The van der Waals surface area contributed by atoms with Gasteiger partial charge in [0.2, 0.25) is 0 Å². The van der Waals surface area contributed by atoms with Gasteiger partial charge in [0.15, 0.2) is 0 Å². The van der Waals surface area contributed by atoms with Crippen LogP contribution in [0.4, 0.5) is 0 Å². The fourth-order valence-electron chi connectivity index (χ4n) is 1.48. The van der Waals surface area contributed by atoms with E-state index in [1.54, 1.807) is 0 Å². The molecule has 68 valence electrons. The Morgan fingerprint density at radius 1 is 1.58 bits per heavy atom. The molecule has 0 unspecified atom stereocenters. The van der Waals surface area contributed by atoms with Gasteiger partial charge in [0.05, 0.1) is 7.11 Å². The van der Waals surface area contributed by atoms with Crippen LogP contribution in [0.15, 0.2) is 12.2 Å². The van der Waals surface area contributed by atoms with Crippen LogP contribution in [-0.4, -0.2) is 25.2 Å². The maximum atomic E-state index is 11.1. The predicted octanol–water partition coefficient (Wildman–Crippen LogP) is 0.856. The number of hydrogen-bond donors (Lipinski definition) is 1. The Morgan fingerprint density at radius 3 is 2.92 bits per heavy atom. The minimum absolute atomic E-state index is 0.101. The van der Waals surface area contributed by atoms with Gasteiger partial charge in [-0.15, -0.1) is 0 Å². The molecule has 12 heavy (non-hydrogen) atoms. The molecular weight excluding hydrogens is 154 g/mol. The van der Waals surface area contributed by atoms with E-state index >= 15 is 0 Å². The van der Waals surface area contributed by atoms with Crippen LogP contribution < -0.4 is 5.32 Å². The maximum Gasteiger partial charge on any atom is 0.322 e. The van der Waals surface area contributed by atoms with Gasteiger partial charge in [-0.25, -0.2) is 0 Å². The monoisotopic (exact) mass is 169 g/mol. The van der Waals surface area contributed by atoms with E-state index in [-0.39, 0.29) is 12.0 Å². The van der Waals surface area contributed by atoms with Gasteiger partial charge in [-0.05, 0) is 19.8 Å². The number of hydrogen-bond acceptors (Lipinski definition) is 3. The summed E-state index contributed by atoms with van der Waals surface area (Å²) in [6.45, 7) is 1.98. The van der Waals surface area contributed by atoms with E-state index < -0.39 is 0 Å². The zero-order chi connectivity index (χ0) is 8.97. The molecule has 0 amide bonds. The third-order valence-electron chi connectivity index (χ3n) is 2.09. The highest BCUT2D eigenvalue weighted by Gasteiger charge is 2.27. The van der Waals surface area contributed by atoms with Gasteiger partial charge in [-0.1, -0.05) is 12.2 Å². The third-order valence-corrected chi connectivity index (χ3v) is 2.09. The number of carbonyl (C=O) groups is 1. The first kappa shape index (κ1) is 9.26. The molecule has 0 radical (unpaired) electrons. The van der Waals surface area contributed by atoms with Crippen LogP contribution in [0.5, 0.6) is 0 Å². The first-order valence-electron chi connectivity index (χ1n) is 4.24. The first-order valence-corrected chi connectivity index (χ1v) is 4.24. The van der Waals surface area contributed by atoms with Crippen LogP contribution in [-0.2, 0) is 9.53 Å². The summed E-state index contributed by atoms with van der Waals surface area (Å²) in [5, 5.41) is 3.18.